The van der Waals surface area contributed by atoms with Crippen LogP contribution in [0.4, 0.5) is 5.69 Å². The van der Waals surface area contributed by atoms with Crippen LogP contribution in [0.5, 0.6) is 0 Å². The van der Waals surface area contributed by atoms with Gasteiger partial charge in [-0.05, 0) is 18.6 Å². The van der Waals surface area contributed by atoms with Gasteiger partial charge in [-0.25, -0.2) is 0 Å². The van der Waals surface area contributed by atoms with E-state index < -0.39 is 5.91 Å². The quantitative estimate of drug-likeness (QED) is 0.302. The van der Waals surface area contributed by atoms with Gasteiger partial charge in [0.05, 0.1) is 11.9 Å². The molecule has 4 nitrogen and oxygen atoms in total. The molecule has 0 saturated carbocycles. The average Bonchev–Trinajstić information content (AvgIpc) is 2.04. The second-order valence-electron chi connectivity index (χ2n) is 2.31. The van der Waals surface area contributed by atoms with E-state index in [2.05, 4.69) is 10.3 Å². The fourth-order valence-corrected chi connectivity index (χ4v) is 0.780. The third-order valence-electron chi connectivity index (χ3n) is 1.23. The van der Waals surface area contributed by atoms with Gasteiger partial charge >= 0.3 is 18.9 Å². The second-order valence-corrected chi connectivity index (χ2v) is 2.31. The van der Waals surface area contributed by atoms with E-state index in [-0.39, 0.29) is 18.9 Å². The number of nitrogens with zero attached hydrogens (tertiary/aromatic N) is 1. The number of anilines is 1. The van der Waals surface area contributed by atoms with Crippen molar-refractivity contribution in [1.82, 2.24) is 4.98 Å². The van der Waals surface area contributed by atoms with Crippen LogP contribution in [0, 0.1) is 6.92 Å². The molecule has 0 aromatic carbocycles. The minimum absolute atomic E-state index is 0. The largest absolute Gasteiger partial charge is 1.00 e. The van der Waals surface area contributed by atoms with E-state index in [4.69, 9.17) is 0 Å². The Morgan fingerprint density at radius 2 is 2.23 bits per heavy atom. The number of carbonyl (C=O) groups is 1. The monoisotopic (exact) mass is 170 g/mol. The van der Waals surface area contributed by atoms with Crippen LogP contribution < -0.4 is 24.2 Å². The predicted octanol–water partition coefficient (Wildman–Crippen LogP) is -2.56. The van der Waals surface area contributed by atoms with Crippen molar-refractivity contribution in [3.63, 3.8) is 0 Å². The van der Waals surface area contributed by atoms with Crippen molar-refractivity contribution in [3.05, 3.63) is 24.0 Å². The van der Waals surface area contributed by atoms with E-state index in [0.717, 1.165) is 5.56 Å². The van der Waals surface area contributed by atoms with Gasteiger partial charge in [-0.2, -0.15) is 6.29 Å². The molecule has 0 aliphatic rings. The van der Waals surface area contributed by atoms with Gasteiger partial charge in [0.2, 0.25) is 0 Å². The summed E-state index contributed by atoms with van der Waals surface area (Å²) in [5, 5.41) is 2.31. The Balaban J connectivity index is 0.00000144. The van der Waals surface area contributed by atoms with Gasteiger partial charge in [0.25, 0.3) is 0 Å². The van der Waals surface area contributed by atoms with Gasteiger partial charge in [-0.15, -0.1) is 0 Å². The molecule has 1 rings (SSSR count). The predicted molar refractivity (Wildman–Crippen MR) is 43.3 cm³/mol. The molecule has 1 N–H and O–H groups in total. The van der Waals surface area contributed by atoms with Crippen molar-refractivity contribution >= 4 is 17.9 Å². The molecule has 13 heavy (non-hydrogen) atoms. The Labute approximate surface area is 87.9 Å². The normalized spacial score (nSPS) is 8.38. The summed E-state index contributed by atoms with van der Waals surface area (Å²) in [7, 11) is 0. The van der Waals surface area contributed by atoms with Crippen molar-refractivity contribution in [2.45, 2.75) is 6.92 Å². The summed E-state index contributed by atoms with van der Waals surface area (Å²) in [6, 6.07) is 1.71. The molecule has 0 unspecified atom stereocenters. The Morgan fingerprint density at radius 3 is 2.77 bits per heavy atom. The molecule has 1 aromatic rings. The third kappa shape index (κ3) is 3.88. The maximum atomic E-state index is 10.5. The average molecular weight is 170 g/mol. The number of hydrogen-bond donors (Lipinski definition) is 1. The number of aryl methyl sites for hydroxylation is 1. The maximum Gasteiger partial charge on any atom is 1.00 e. The Bertz CT molecular complexity index is 315. The van der Waals surface area contributed by atoms with Crippen LogP contribution in [0.3, 0.4) is 0 Å². The Morgan fingerprint density at radius 1 is 1.54 bits per heavy atom. The van der Waals surface area contributed by atoms with Crippen molar-refractivity contribution in [1.29, 1.82) is 0 Å². The molecule has 62 valence electrons. The molecule has 1 heterocycles. The van der Waals surface area contributed by atoms with Crippen LogP contribution >= 0.6 is 0 Å². The van der Waals surface area contributed by atoms with Crippen LogP contribution in [0.15, 0.2) is 18.5 Å². The number of carbonyl (C=O) groups excluding carboxylic acids is 2. The van der Waals surface area contributed by atoms with Crippen LogP contribution in [0.2, 0.25) is 0 Å². The van der Waals surface area contributed by atoms with Crippen LogP contribution in [-0.2, 0) is 9.59 Å². The van der Waals surface area contributed by atoms with Crippen molar-refractivity contribution in [3.8, 4) is 0 Å². The summed E-state index contributed by atoms with van der Waals surface area (Å²) in [6.07, 6.45) is 4.32. The zero-order valence-electron chi connectivity index (χ0n) is 7.50. The van der Waals surface area contributed by atoms with Gasteiger partial charge in [-0.1, -0.05) is 0 Å². The zero-order chi connectivity index (χ0) is 8.97. The molecular formula is C8H7LiN2O2. The van der Waals surface area contributed by atoms with E-state index in [1.165, 1.54) is 12.5 Å². The summed E-state index contributed by atoms with van der Waals surface area (Å²) < 4.78 is 0. The van der Waals surface area contributed by atoms with Gasteiger partial charge in [-0.3, -0.25) is 4.98 Å². The minimum atomic E-state index is -0.789. The number of amides is 1. The summed E-state index contributed by atoms with van der Waals surface area (Å²) >= 11 is 0. The number of aromatic nitrogens is 1. The Kier molecular flexibility index (Phi) is 5.05. The molecule has 0 atom stereocenters. The number of nitrogens with one attached hydrogen (secondary N) is 1. The van der Waals surface area contributed by atoms with Gasteiger partial charge in [0.15, 0.2) is 0 Å². The molecule has 0 aliphatic carbocycles. The van der Waals surface area contributed by atoms with Crippen molar-refractivity contribution < 1.29 is 28.4 Å². The second kappa shape index (κ2) is 5.52. The molecule has 1 amide bonds. The van der Waals surface area contributed by atoms with Crippen LogP contribution in [0.25, 0.3) is 0 Å². The molecule has 5 heteroatoms. The first-order valence-electron chi connectivity index (χ1n) is 3.33. The fraction of sp³-hybridized carbons (Fsp3) is 0.125. The Hall–Kier alpha value is -1.11. The van der Waals surface area contributed by atoms with Gasteiger partial charge < -0.3 is 14.9 Å². The van der Waals surface area contributed by atoms with E-state index >= 15 is 0 Å². The summed E-state index contributed by atoms with van der Waals surface area (Å²) in [5.74, 6) is -0.789. The van der Waals surface area contributed by atoms with Crippen LogP contribution in [-0.4, -0.2) is 17.2 Å². The van der Waals surface area contributed by atoms with Gasteiger partial charge in [0, 0.05) is 6.20 Å². The zero-order valence-corrected chi connectivity index (χ0v) is 7.50. The summed E-state index contributed by atoms with van der Waals surface area (Å²) in [4.78, 5) is 24.2. The first kappa shape index (κ1) is 11.9. The molecule has 0 saturated heterocycles. The fourth-order valence-electron chi connectivity index (χ4n) is 0.780. The number of pyridine rings is 1. The minimum Gasteiger partial charge on any atom is -0.532 e. The summed E-state index contributed by atoms with van der Waals surface area (Å²) in [5.41, 5.74) is 1.42. The summed E-state index contributed by atoms with van der Waals surface area (Å²) in [6.45, 7) is 1.84. The van der Waals surface area contributed by atoms with E-state index in [1.54, 1.807) is 12.3 Å². The number of rotatable bonds is 2. The first-order chi connectivity index (χ1) is 5.72. The standard InChI is InChI=1S/C8H7N2O2.Li/c1-6-2-7(4-9-3-6)10-8(12)5-11;/h2-4H,1H3,(H,10,12);/q-1;+1. The van der Waals surface area contributed by atoms with Crippen molar-refractivity contribution in [2.75, 3.05) is 5.32 Å². The number of hydrogen-bond acceptors (Lipinski definition) is 3. The van der Waals surface area contributed by atoms with E-state index in [9.17, 15) is 9.59 Å². The maximum absolute atomic E-state index is 10.5. The molecular weight excluding hydrogens is 163 g/mol. The topological polar surface area (TPSA) is 59.1 Å². The molecule has 1 aromatic heterocycles. The SMILES string of the molecule is Cc1cncc(NC(=O)[C-]=O)c1.[Li+]. The van der Waals surface area contributed by atoms with E-state index in [1.807, 2.05) is 6.92 Å². The molecule has 0 radical (unpaired) electrons. The smallest absolute Gasteiger partial charge is 0.532 e. The van der Waals surface area contributed by atoms with Crippen molar-refractivity contribution in [2.24, 2.45) is 0 Å². The molecule has 0 aliphatic heterocycles. The third-order valence-corrected chi connectivity index (χ3v) is 1.23. The molecule has 0 fully saturated rings. The molecule has 0 spiro atoms. The van der Waals surface area contributed by atoms with E-state index in [0.29, 0.717) is 5.69 Å². The molecule has 0 bridgehead atoms. The van der Waals surface area contributed by atoms with Crippen LogP contribution in [0.1, 0.15) is 5.56 Å². The van der Waals surface area contributed by atoms with Gasteiger partial charge in [0.1, 0.15) is 5.91 Å². The first-order valence-corrected chi connectivity index (χ1v) is 3.33.